The number of hydrogen-bond acceptors (Lipinski definition) is 3. The third-order valence-electron chi connectivity index (χ3n) is 3.31. The number of sulfonamides is 1. The quantitative estimate of drug-likeness (QED) is 0.754. The number of nitrogens with zero attached hydrogens (tertiary/aromatic N) is 1. The molecule has 2 aliphatic heterocycles. The van der Waals surface area contributed by atoms with Crippen molar-refractivity contribution in [2.24, 2.45) is 0 Å². The van der Waals surface area contributed by atoms with Gasteiger partial charge in [0.1, 0.15) is 5.21 Å². The van der Waals surface area contributed by atoms with Gasteiger partial charge in [0.25, 0.3) is 0 Å². The van der Waals surface area contributed by atoms with E-state index in [-0.39, 0.29) is 11.3 Å². The van der Waals surface area contributed by atoms with Gasteiger partial charge in [-0.1, -0.05) is 0 Å². The zero-order chi connectivity index (χ0) is 10.9. The Bertz CT molecular complexity index is 320. The highest BCUT2D eigenvalue weighted by Gasteiger charge is 2.32. The van der Waals surface area contributed by atoms with Crippen LogP contribution in [0.5, 0.6) is 0 Å². The molecule has 2 unspecified atom stereocenters. The summed E-state index contributed by atoms with van der Waals surface area (Å²) in [5.41, 5.74) is 0. The van der Waals surface area contributed by atoms with Crippen molar-refractivity contribution in [1.29, 1.82) is 0 Å². The Morgan fingerprint density at radius 3 is 2.87 bits per heavy atom. The predicted molar refractivity (Wildman–Crippen MR) is 60.4 cm³/mol. The van der Waals surface area contributed by atoms with Gasteiger partial charge in [-0.3, -0.25) is 0 Å². The molecule has 6 heteroatoms. The van der Waals surface area contributed by atoms with Crippen LogP contribution in [0.1, 0.15) is 25.7 Å². The molecule has 2 fully saturated rings. The Kier molecular flexibility index (Phi) is 3.55. The van der Waals surface area contributed by atoms with Crippen molar-refractivity contribution in [1.82, 2.24) is 9.62 Å². The number of halogens is 1. The van der Waals surface area contributed by atoms with Crippen molar-refractivity contribution in [3.8, 4) is 0 Å². The number of alkyl halides is 1. The molecular formula is C9H17ClN2O2S. The maximum atomic E-state index is 11.3. The summed E-state index contributed by atoms with van der Waals surface area (Å²) in [6.45, 7) is 2.19. The van der Waals surface area contributed by atoms with Gasteiger partial charge in [0, 0.05) is 12.1 Å². The molecule has 0 spiro atoms. The van der Waals surface area contributed by atoms with Crippen LogP contribution in [-0.2, 0) is 10.0 Å². The van der Waals surface area contributed by atoms with Crippen molar-refractivity contribution < 1.29 is 8.42 Å². The summed E-state index contributed by atoms with van der Waals surface area (Å²) in [6.07, 6.45) is 4.31. The second-order valence-corrected chi connectivity index (χ2v) is 6.73. The van der Waals surface area contributed by atoms with E-state index in [9.17, 15) is 8.42 Å². The zero-order valence-electron chi connectivity index (χ0n) is 8.65. The molecule has 88 valence electrons. The minimum Gasteiger partial charge on any atom is -0.300 e. The van der Waals surface area contributed by atoms with Crippen LogP contribution in [0.25, 0.3) is 0 Å². The maximum absolute atomic E-state index is 11.3. The fourth-order valence-electron chi connectivity index (χ4n) is 2.62. The van der Waals surface area contributed by atoms with E-state index < -0.39 is 10.0 Å². The summed E-state index contributed by atoms with van der Waals surface area (Å²) >= 11 is 5.36. The lowest BCUT2D eigenvalue weighted by Gasteiger charge is -2.34. The lowest BCUT2D eigenvalue weighted by atomic mass is 9.99. The molecule has 0 aromatic carbocycles. The van der Waals surface area contributed by atoms with Gasteiger partial charge < -0.3 is 4.90 Å². The summed E-state index contributed by atoms with van der Waals surface area (Å²) in [7, 11) is -3.25. The molecule has 0 amide bonds. The topological polar surface area (TPSA) is 49.4 Å². The van der Waals surface area contributed by atoms with Gasteiger partial charge in [-0.2, -0.15) is 0 Å². The van der Waals surface area contributed by atoms with Crippen LogP contribution in [-0.4, -0.2) is 43.7 Å². The highest BCUT2D eigenvalue weighted by molar-refractivity contribution is 7.90. The monoisotopic (exact) mass is 252 g/mol. The first-order valence-corrected chi connectivity index (χ1v) is 7.59. The molecule has 15 heavy (non-hydrogen) atoms. The summed E-state index contributed by atoms with van der Waals surface area (Å²) < 4.78 is 25.3. The van der Waals surface area contributed by atoms with Gasteiger partial charge in [-0.25, -0.2) is 13.1 Å². The smallest absolute Gasteiger partial charge is 0.225 e. The molecule has 0 bridgehead atoms. The number of rotatable bonds is 3. The first-order valence-electron chi connectivity index (χ1n) is 5.41. The van der Waals surface area contributed by atoms with Crippen molar-refractivity contribution in [2.45, 2.75) is 37.8 Å². The summed E-state index contributed by atoms with van der Waals surface area (Å²) in [4.78, 5) is 2.46. The lowest BCUT2D eigenvalue weighted by Crippen LogP contribution is -2.47. The SMILES string of the molecule is O=S(=O)(CCl)NC1CCN2CCCC2C1. The van der Waals surface area contributed by atoms with Gasteiger partial charge in [0.2, 0.25) is 10.0 Å². The van der Waals surface area contributed by atoms with Crippen LogP contribution in [0.2, 0.25) is 0 Å². The Labute approximate surface area is 96.0 Å². The maximum Gasteiger partial charge on any atom is 0.225 e. The minimum absolute atomic E-state index is 0.0908. The minimum atomic E-state index is -3.25. The Hall–Kier alpha value is 0.160. The van der Waals surface area contributed by atoms with Gasteiger partial charge in [-0.05, 0) is 38.8 Å². The van der Waals surface area contributed by atoms with E-state index in [0.29, 0.717) is 6.04 Å². The van der Waals surface area contributed by atoms with E-state index in [1.165, 1.54) is 19.4 Å². The molecule has 2 rings (SSSR count). The van der Waals surface area contributed by atoms with E-state index in [1.807, 2.05) is 0 Å². The van der Waals surface area contributed by atoms with E-state index >= 15 is 0 Å². The van der Waals surface area contributed by atoms with Gasteiger partial charge in [-0.15, -0.1) is 11.6 Å². The Morgan fingerprint density at radius 2 is 2.13 bits per heavy atom. The van der Waals surface area contributed by atoms with Crippen molar-refractivity contribution in [3.63, 3.8) is 0 Å². The van der Waals surface area contributed by atoms with E-state index in [4.69, 9.17) is 11.6 Å². The lowest BCUT2D eigenvalue weighted by molar-refractivity contribution is 0.176. The van der Waals surface area contributed by atoms with Gasteiger partial charge >= 0.3 is 0 Å². The third-order valence-corrected chi connectivity index (χ3v) is 5.15. The molecule has 2 saturated heterocycles. The average Bonchev–Trinajstić information content (AvgIpc) is 2.64. The average molecular weight is 253 g/mol. The van der Waals surface area contributed by atoms with Crippen LogP contribution in [0.3, 0.4) is 0 Å². The first kappa shape index (κ1) is 11.6. The molecule has 0 aromatic rings. The van der Waals surface area contributed by atoms with Crippen LogP contribution in [0, 0.1) is 0 Å². The van der Waals surface area contributed by atoms with Crippen molar-refractivity contribution >= 4 is 21.6 Å². The Balaban J connectivity index is 1.90. The molecule has 0 radical (unpaired) electrons. The first-order chi connectivity index (χ1) is 7.11. The van der Waals surface area contributed by atoms with Crippen molar-refractivity contribution in [3.05, 3.63) is 0 Å². The summed E-state index contributed by atoms with van der Waals surface area (Å²) in [5, 5.41) is -0.335. The zero-order valence-corrected chi connectivity index (χ0v) is 10.2. The van der Waals surface area contributed by atoms with Crippen LogP contribution in [0.4, 0.5) is 0 Å². The van der Waals surface area contributed by atoms with Crippen LogP contribution < -0.4 is 4.72 Å². The van der Waals surface area contributed by atoms with Gasteiger partial charge in [0.15, 0.2) is 0 Å². The second kappa shape index (κ2) is 4.57. The number of nitrogens with one attached hydrogen (secondary N) is 1. The molecule has 2 aliphatic rings. The normalized spacial score (nSPS) is 32.9. The second-order valence-electron chi connectivity index (χ2n) is 4.40. The number of fused-ring (bicyclic) bond motifs is 1. The molecule has 0 aromatic heterocycles. The molecule has 0 aliphatic carbocycles. The standard InChI is InChI=1S/C9H17ClN2O2S/c10-7-15(13,14)11-8-3-5-12-4-1-2-9(12)6-8/h8-9,11H,1-7H2. The largest absolute Gasteiger partial charge is 0.300 e. The molecule has 1 N–H and O–H groups in total. The predicted octanol–water partition coefficient (Wildman–Crippen LogP) is 0.729. The van der Waals surface area contributed by atoms with E-state index in [2.05, 4.69) is 9.62 Å². The van der Waals surface area contributed by atoms with Gasteiger partial charge in [0.05, 0.1) is 0 Å². The fourth-order valence-corrected chi connectivity index (χ4v) is 3.59. The fraction of sp³-hybridized carbons (Fsp3) is 1.00. The summed E-state index contributed by atoms with van der Waals surface area (Å²) in [5.74, 6) is 0. The molecule has 0 saturated carbocycles. The number of hydrogen-bond donors (Lipinski definition) is 1. The molecular weight excluding hydrogens is 236 g/mol. The highest BCUT2D eigenvalue weighted by atomic mass is 35.5. The van der Waals surface area contributed by atoms with E-state index in [0.717, 1.165) is 19.4 Å². The molecule has 2 atom stereocenters. The summed E-state index contributed by atoms with van der Waals surface area (Å²) in [6, 6.07) is 0.676. The van der Waals surface area contributed by atoms with Crippen LogP contribution in [0.15, 0.2) is 0 Å². The Morgan fingerprint density at radius 1 is 1.33 bits per heavy atom. The highest BCUT2D eigenvalue weighted by Crippen LogP contribution is 2.27. The van der Waals surface area contributed by atoms with Crippen molar-refractivity contribution in [2.75, 3.05) is 18.3 Å². The van der Waals surface area contributed by atoms with E-state index in [1.54, 1.807) is 0 Å². The molecule has 4 nitrogen and oxygen atoms in total. The van der Waals surface area contributed by atoms with Crippen LogP contribution >= 0.6 is 11.6 Å². The molecule has 2 heterocycles. The number of piperidine rings is 1. The third kappa shape index (κ3) is 2.84.